The molecule has 170 valence electrons. The lowest BCUT2D eigenvalue weighted by Crippen LogP contribution is -2.25. The van der Waals surface area contributed by atoms with Crippen LogP contribution in [0.4, 0.5) is 0 Å². The average Bonchev–Trinajstić information content (AvgIpc) is 3.16. The van der Waals surface area contributed by atoms with Gasteiger partial charge >= 0.3 is 0 Å². The summed E-state index contributed by atoms with van der Waals surface area (Å²) in [5, 5.41) is 3.00. The molecule has 0 bridgehead atoms. The molecule has 0 spiro atoms. The molecular weight excluding hydrogens is 478 g/mol. The predicted octanol–water partition coefficient (Wildman–Crippen LogP) is 5.86. The second-order valence-electron chi connectivity index (χ2n) is 8.13. The van der Waals surface area contributed by atoms with Gasteiger partial charge in [0.1, 0.15) is 18.2 Å². The molecular formula is C27H28BrN3O2. The molecule has 0 radical (unpaired) electrons. The molecule has 33 heavy (non-hydrogen) atoms. The van der Waals surface area contributed by atoms with Gasteiger partial charge in [-0.05, 0) is 73.9 Å². The molecule has 0 saturated carbocycles. The van der Waals surface area contributed by atoms with Gasteiger partial charge in [-0.25, -0.2) is 4.98 Å². The molecule has 0 aliphatic carbocycles. The fourth-order valence-electron chi connectivity index (χ4n) is 3.80. The zero-order valence-electron chi connectivity index (χ0n) is 19.0. The first-order valence-corrected chi connectivity index (χ1v) is 12.0. The number of aryl methyl sites for hydroxylation is 3. The van der Waals surface area contributed by atoms with Gasteiger partial charge in [-0.1, -0.05) is 40.2 Å². The van der Waals surface area contributed by atoms with Gasteiger partial charge in [0.05, 0.1) is 17.6 Å². The normalized spacial score (nSPS) is 11.0. The van der Waals surface area contributed by atoms with E-state index in [0.29, 0.717) is 25.3 Å². The summed E-state index contributed by atoms with van der Waals surface area (Å²) in [5.41, 5.74) is 5.23. The van der Waals surface area contributed by atoms with Crippen LogP contribution < -0.4 is 10.1 Å². The van der Waals surface area contributed by atoms with E-state index in [0.717, 1.165) is 39.9 Å². The van der Waals surface area contributed by atoms with Gasteiger partial charge in [0.25, 0.3) is 5.91 Å². The van der Waals surface area contributed by atoms with Crippen molar-refractivity contribution in [2.24, 2.45) is 0 Å². The first kappa shape index (κ1) is 23.1. The zero-order valence-corrected chi connectivity index (χ0v) is 20.6. The second-order valence-corrected chi connectivity index (χ2v) is 9.05. The number of nitrogens with zero attached hydrogens (tertiary/aromatic N) is 2. The second kappa shape index (κ2) is 10.7. The number of benzene rings is 3. The van der Waals surface area contributed by atoms with E-state index in [-0.39, 0.29) is 5.91 Å². The van der Waals surface area contributed by atoms with Gasteiger partial charge in [0.2, 0.25) is 0 Å². The van der Waals surface area contributed by atoms with E-state index in [1.807, 2.05) is 48.5 Å². The third-order valence-electron chi connectivity index (χ3n) is 5.75. The summed E-state index contributed by atoms with van der Waals surface area (Å²) in [6.45, 7) is 6.07. The van der Waals surface area contributed by atoms with Crippen molar-refractivity contribution in [1.29, 1.82) is 0 Å². The summed E-state index contributed by atoms with van der Waals surface area (Å²) >= 11 is 3.41. The number of aromatic nitrogens is 2. The van der Waals surface area contributed by atoms with Gasteiger partial charge in [-0.15, -0.1) is 0 Å². The molecule has 3 aromatic carbocycles. The number of carbonyl (C=O) groups excluding carboxylic acids is 1. The standard InChI is InChI=1S/C27H28BrN3O2/c1-19-12-13-23(17-20(19)2)33-16-15-31-25-10-4-3-9-24(25)30-26(31)11-6-14-29-27(32)21-7-5-8-22(28)18-21/h3-5,7-10,12-13,17-18H,6,11,14-16H2,1-2H3,(H,29,32). The fourth-order valence-corrected chi connectivity index (χ4v) is 4.20. The van der Waals surface area contributed by atoms with Crippen molar-refractivity contribution in [1.82, 2.24) is 14.9 Å². The number of imidazole rings is 1. The number of halogens is 1. The van der Waals surface area contributed by atoms with Crippen LogP contribution in [0.3, 0.4) is 0 Å². The van der Waals surface area contributed by atoms with E-state index < -0.39 is 0 Å². The summed E-state index contributed by atoms with van der Waals surface area (Å²) < 4.78 is 9.15. The SMILES string of the molecule is Cc1ccc(OCCn2c(CCCNC(=O)c3cccc(Br)c3)nc3ccccc32)cc1C. The molecule has 1 aromatic heterocycles. The summed E-state index contributed by atoms with van der Waals surface area (Å²) in [7, 11) is 0. The van der Waals surface area contributed by atoms with Crippen LogP contribution in [0.5, 0.6) is 5.75 Å². The highest BCUT2D eigenvalue weighted by Gasteiger charge is 2.11. The third-order valence-corrected chi connectivity index (χ3v) is 6.24. The zero-order chi connectivity index (χ0) is 23.2. The quantitative estimate of drug-likeness (QED) is 0.290. The summed E-state index contributed by atoms with van der Waals surface area (Å²) in [6, 6.07) is 21.8. The number of rotatable bonds is 9. The molecule has 4 aromatic rings. The van der Waals surface area contributed by atoms with Crippen LogP contribution in [-0.2, 0) is 13.0 Å². The highest BCUT2D eigenvalue weighted by Crippen LogP contribution is 2.19. The summed E-state index contributed by atoms with van der Waals surface area (Å²) in [4.78, 5) is 17.2. The van der Waals surface area contributed by atoms with Crippen LogP contribution in [0.15, 0.2) is 71.2 Å². The van der Waals surface area contributed by atoms with Crippen molar-refractivity contribution >= 4 is 32.9 Å². The molecule has 0 unspecified atom stereocenters. The number of nitrogens with one attached hydrogen (secondary N) is 1. The Morgan fingerprint density at radius 3 is 2.70 bits per heavy atom. The van der Waals surface area contributed by atoms with Gasteiger partial charge in [-0.3, -0.25) is 4.79 Å². The van der Waals surface area contributed by atoms with Crippen LogP contribution in [0.2, 0.25) is 0 Å². The average molecular weight is 506 g/mol. The van der Waals surface area contributed by atoms with Crippen molar-refractivity contribution in [2.75, 3.05) is 13.2 Å². The number of ether oxygens (including phenoxy) is 1. The topological polar surface area (TPSA) is 56.1 Å². The molecule has 0 aliphatic heterocycles. The van der Waals surface area contributed by atoms with Crippen molar-refractivity contribution in [3.05, 3.63) is 93.7 Å². The Kier molecular flexibility index (Phi) is 7.45. The Morgan fingerprint density at radius 1 is 1.03 bits per heavy atom. The number of fused-ring (bicyclic) bond motifs is 1. The Balaban J connectivity index is 1.37. The van der Waals surface area contributed by atoms with E-state index in [1.54, 1.807) is 0 Å². The number of hydrogen-bond donors (Lipinski definition) is 1. The lowest BCUT2D eigenvalue weighted by molar-refractivity contribution is 0.0953. The van der Waals surface area contributed by atoms with Crippen LogP contribution in [0.1, 0.15) is 33.7 Å². The maximum Gasteiger partial charge on any atom is 0.251 e. The Labute approximate surface area is 202 Å². The molecule has 0 fully saturated rings. The number of amides is 1. The highest BCUT2D eigenvalue weighted by molar-refractivity contribution is 9.10. The maximum atomic E-state index is 12.4. The van der Waals surface area contributed by atoms with E-state index >= 15 is 0 Å². The maximum absolute atomic E-state index is 12.4. The Morgan fingerprint density at radius 2 is 1.88 bits per heavy atom. The first-order chi connectivity index (χ1) is 16.0. The molecule has 6 heteroatoms. The van der Waals surface area contributed by atoms with Crippen molar-refractivity contribution < 1.29 is 9.53 Å². The molecule has 0 aliphatic rings. The van der Waals surface area contributed by atoms with Crippen LogP contribution in [0, 0.1) is 13.8 Å². The van der Waals surface area contributed by atoms with E-state index in [4.69, 9.17) is 9.72 Å². The monoisotopic (exact) mass is 505 g/mol. The van der Waals surface area contributed by atoms with Gasteiger partial charge in [0, 0.05) is 23.0 Å². The molecule has 1 amide bonds. The van der Waals surface area contributed by atoms with Crippen LogP contribution in [-0.4, -0.2) is 28.6 Å². The lowest BCUT2D eigenvalue weighted by atomic mass is 10.1. The minimum absolute atomic E-state index is 0.0633. The van der Waals surface area contributed by atoms with Gasteiger partial charge < -0.3 is 14.6 Å². The van der Waals surface area contributed by atoms with Crippen molar-refractivity contribution in [3.8, 4) is 5.75 Å². The molecule has 0 atom stereocenters. The number of hydrogen-bond acceptors (Lipinski definition) is 3. The van der Waals surface area contributed by atoms with Crippen molar-refractivity contribution in [2.45, 2.75) is 33.2 Å². The Hall–Kier alpha value is -3.12. The predicted molar refractivity (Wildman–Crippen MR) is 136 cm³/mol. The molecule has 0 saturated heterocycles. The highest BCUT2D eigenvalue weighted by atomic mass is 79.9. The Bertz CT molecular complexity index is 1270. The fraction of sp³-hybridized carbons (Fsp3) is 0.259. The largest absolute Gasteiger partial charge is 0.492 e. The lowest BCUT2D eigenvalue weighted by Gasteiger charge is -2.12. The number of para-hydroxylation sites is 2. The van der Waals surface area contributed by atoms with E-state index in [1.165, 1.54) is 11.1 Å². The summed E-state index contributed by atoms with van der Waals surface area (Å²) in [6.07, 6.45) is 1.58. The van der Waals surface area contributed by atoms with E-state index in [2.05, 4.69) is 57.9 Å². The number of carbonyl (C=O) groups is 1. The van der Waals surface area contributed by atoms with Gasteiger partial charge in [0.15, 0.2) is 0 Å². The first-order valence-electron chi connectivity index (χ1n) is 11.2. The van der Waals surface area contributed by atoms with Gasteiger partial charge in [-0.2, -0.15) is 0 Å². The molecule has 4 rings (SSSR count). The summed E-state index contributed by atoms with van der Waals surface area (Å²) in [5.74, 6) is 1.84. The molecule has 1 N–H and O–H groups in total. The van der Waals surface area contributed by atoms with Crippen LogP contribution in [0.25, 0.3) is 11.0 Å². The minimum atomic E-state index is -0.0633. The van der Waals surface area contributed by atoms with Crippen LogP contribution >= 0.6 is 15.9 Å². The third kappa shape index (κ3) is 5.82. The molecule has 5 nitrogen and oxygen atoms in total. The molecule has 1 heterocycles. The smallest absolute Gasteiger partial charge is 0.251 e. The van der Waals surface area contributed by atoms with Crippen molar-refractivity contribution in [3.63, 3.8) is 0 Å². The minimum Gasteiger partial charge on any atom is -0.492 e. The van der Waals surface area contributed by atoms with E-state index in [9.17, 15) is 4.79 Å².